The minimum absolute atomic E-state index is 0.0535. The maximum Gasteiger partial charge on any atom is 0.251 e. The van der Waals surface area contributed by atoms with E-state index >= 15 is 0 Å². The van der Waals surface area contributed by atoms with Gasteiger partial charge in [0.05, 0.1) is 0 Å². The van der Waals surface area contributed by atoms with Gasteiger partial charge in [0.25, 0.3) is 5.91 Å². The van der Waals surface area contributed by atoms with Gasteiger partial charge in [0, 0.05) is 22.6 Å². The van der Waals surface area contributed by atoms with Crippen molar-refractivity contribution in [3.8, 4) is 0 Å². The monoisotopic (exact) mass is 312 g/mol. The van der Waals surface area contributed by atoms with Crippen LogP contribution < -0.4 is 11.1 Å². The third-order valence-electron chi connectivity index (χ3n) is 2.96. The first-order valence-electron chi connectivity index (χ1n) is 6.35. The van der Waals surface area contributed by atoms with Crippen LogP contribution in [0.1, 0.15) is 42.1 Å². The Hall–Kier alpha value is -0.870. The molecule has 0 saturated heterocycles. The number of amides is 1. The fraction of sp³-hybridized carbons (Fsp3) is 0.500. The van der Waals surface area contributed by atoms with Crippen LogP contribution >= 0.6 is 15.9 Å². The maximum absolute atomic E-state index is 12.1. The molecule has 0 heterocycles. The Kier molecular flexibility index (Phi) is 6.36. The highest BCUT2D eigenvalue weighted by Gasteiger charge is 2.12. The molecule has 3 nitrogen and oxygen atoms in total. The van der Waals surface area contributed by atoms with Crippen molar-refractivity contribution in [3.05, 3.63) is 33.8 Å². The number of halogens is 1. The van der Waals surface area contributed by atoms with Crippen LogP contribution in [0.5, 0.6) is 0 Å². The smallest absolute Gasteiger partial charge is 0.251 e. The number of nitrogens with one attached hydrogen (secondary N) is 1. The minimum Gasteiger partial charge on any atom is -0.348 e. The van der Waals surface area contributed by atoms with Gasteiger partial charge in [-0.15, -0.1) is 0 Å². The average Bonchev–Trinajstić information content (AvgIpc) is 2.37. The Morgan fingerprint density at radius 2 is 2.22 bits per heavy atom. The molecule has 1 aromatic rings. The zero-order valence-corrected chi connectivity index (χ0v) is 12.6. The van der Waals surface area contributed by atoms with E-state index in [0.717, 1.165) is 29.3 Å². The van der Waals surface area contributed by atoms with E-state index in [1.807, 2.05) is 25.1 Å². The number of hydrogen-bond acceptors (Lipinski definition) is 2. The highest BCUT2D eigenvalue weighted by Crippen LogP contribution is 2.17. The molecule has 0 aliphatic carbocycles. The van der Waals surface area contributed by atoms with Gasteiger partial charge < -0.3 is 11.1 Å². The van der Waals surface area contributed by atoms with Crippen molar-refractivity contribution in [2.75, 3.05) is 6.54 Å². The molecule has 1 unspecified atom stereocenters. The summed E-state index contributed by atoms with van der Waals surface area (Å²) in [5.41, 5.74) is 7.46. The molecule has 1 rings (SSSR count). The highest BCUT2D eigenvalue weighted by atomic mass is 79.9. The second-order valence-corrected chi connectivity index (χ2v) is 5.37. The van der Waals surface area contributed by atoms with Crippen LogP contribution in [0.15, 0.2) is 22.7 Å². The molecule has 1 aromatic carbocycles. The molecule has 0 saturated carbocycles. The standard InChI is InChI=1S/C14H21BrN2O/c1-3-4-5-12(9-16)17-14(18)11-7-6-10(2)13(15)8-11/h6-8,12H,3-5,9,16H2,1-2H3,(H,17,18). The molecule has 0 radical (unpaired) electrons. The first-order chi connectivity index (χ1) is 8.58. The van der Waals surface area contributed by atoms with Crippen molar-refractivity contribution in [2.45, 2.75) is 39.2 Å². The molecule has 3 N–H and O–H groups in total. The Labute approximate surface area is 117 Å². The second kappa shape index (κ2) is 7.54. The predicted molar refractivity (Wildman–Crippen MR) is 78.7 cm³/mol. The third-order valence-corrected chi connectivity index (χ3v) is 3.81. The van der Waals surface area contributed by atoms with E-state index in [-0.39, 0.29) is 11.9 Å². The van der Waals surface area contributed by atoms with Gasteiger partial charge in [-0.25, -0.2) is 0 Å². The number of carbonyl (C=O) groups excluding carboxylic acids is 1. The van der Waals surface area contributed by atoms with Crippen LogP contribution in [0.4, 0.5) is 0 Å². The summed E-state index contributed by atoms with van der Waals surface area (Å²) in [6, 6.07) is 5.68. The summed E-state index contributed by atoms with van der Waals surface area (Å²) >= 11 is 3.43. The Morgan fingerprint density at radius 3 is 2.78 bits per heavy atom. The minimum atomic E-state index is -0.0535. The van der Waals surface area contributed by atoms with E-state index in [2.05, 4.69) is 28.2 Å². The fourth-order valence-corrected chi connectivity index (χ4v) is 2.08. The molecule has 18 heavy (non-hydrogen) atoms. The summed E-state index contributed by atoms with van der Waals surface area (Å²) in [7, 11) is 0. The maximum atomic E-state index is 12.1. The predicted octanol–water partition coefficient (Wildman–Crippen LogP) is 3.00. The van der Waals surface area contributed by atoms with Gasteiger partial charge in [-0.2, -0.15) is 0 Å². The topological polar surface area (TPSA) is 55.1 Å². The first kappa shape index (κ1) is 15.2. The van der Waals surface area contributed by atoms with E-state index in [1.54, 1.807) is 0 Å². The van der Waals surface area contributed by atoms with Crippen LogP contribution in [-0.4, -0.2) is 18.5 Å². The SMILES string of the molecule is CCCCC(CN)NC(=O)c1ccc(C)c(Br)c1. The Balaban J connectivity index is 2.65. The lowest BCUT2D eigenvalue weighted by atomic mass is 10.1. The summed E-state index contributed by atoms with van der Waals surface area (Å²) < 4.78 is 0.952. The van der Waals surface area contributed by atoms with Gasteiger partial charge in [0.15, 0.2) is 0 Å². The van der Waals surface area contributed by atoms with Crippen molar-refractivity contribution >= 4 is 21.8 Å². The van der Waals surface area contributed by atoms with Gasteiger partial charge in [0.2, 0.25) is 0 Å². The molecule has 0 aliphatic heterocycles. The summed E-state index contributed by atoms with van der Waals surface area (Å²) in [6.45, 7) is 4.61. The number of rotatable bonds is 6. The number of hydrogen-bond donors (Lipinski definition) is 2. The van der Waals surface area contributed by atoms with Gasteiger partial charge in [-0.3, -0.25) is 4.79 Å². The van der Waals surface area contributed by atoms with Gasteiger partial charge in [0.1, 0.15) is 0 Å². The van der Waals surface area contributed by atoms with Crippen molar-refractivity contribution < 1.29 is 4.79 Å². The second-order valence-electron chi connectivity index (χ2n) is 4.51. The Bertz CT molecular complexity index is 407. The van der Waals surface area contributed by atoms with Gasteiger partial charge in [-0.05, 0) is 31.0 Å². The molecule has 4 heteroatoms. The molecule has 0 bridgehead atoms. The van der Waals surface area contributed by atoms with Crippen LogP contribution in [-0.2, 0) is 0 Å². The number of aryl methyl sites for hydroxylation is 1. The molecule has 1 amide bonds. The fourth-order valence-electron chi connectivity index (χ4n) is 1.70. The highest BCUT2D eigenvalue weighted by molar-refractivity contribution is 9.10. The molecule has 0 aromatic heterocycles. The van der Waals surface area contributed by atoms with E-state index in [0.29, 0.717) is 12.1 Å². The lowest BCUT2D eigenvalue weighted by molar-refractivity contribution is 0.0935. The Morgan fingerprint density at radius 1 is 1.50 bits per heavy atom. The van der Waals surface area contributed by atoms with E-state index in [9.17, 15) is 4.79 Å². The molecular weight excluding hydrogens is 292 g/mol. The first-order valence-corrected chi connectivity index (χ1v) is 7.14. The van der Waals surface area contributed by atoms with Crippen molar-refractivity contribution in [2.24, 2.45) is 5.73 Å². The summed E-state index contributed by atoms with van der Waals surface area (Å²) in [5.74, 6) is -0.0535. The quantitative estimate of drug-likeness (QED) is 0.848. The van der Waals surface area contributed by atoms with E-state index < -0.39 is 0 Å². The molecule has 100 valence electrons. The molecule has 1 atom stereocenters. The van der Waals surface area contributed by atoms with Crippen LogP contribution in [0.2, 0.25) is 0 Å². The zero-order chi connectivity index (χ0) is 13.5. The molecule has 0 spiro atoms. The lowest BCUT2D eigenvalue weighted by Gasteiger charge is -2.16. The van der Waals surface area contributed by atoms with E-state index in [1.165, 1.54) is 0 Å². The molecular formula is C14H21BrN2O. The molecule has 0 aliphatic rings. The largest absolute Gasteiger partial charge is 0.348 e. The molecule has 0 fully saturated rings. The average molecular weight is 313 g/mol. The lowest BCUT2D eigenvalue weighted by Crippen LogP contribution is -2.40. The van der Waals surface area contributed by atoms with Crippen LogP contribution in [0.3, 0.4) is 0 Å². The van der Waals surface area contributed by atoms with E-state index in [4.69, 9.17) is 5.73 Å². The van der Waals surface area contributed by atoms with Gasteiger partial charge >= 0.3 is 0 Å². The van der Waals surface area contributed by atoms with Crippen molar-refractivity contribution in [3.63, 3.8) is 0 Å². The number of nitrogens with two attached hydrogens (primary N) is 1. The summed E-state index contributed by atoms with van der Waals surface area (Å²) in [6.07, 6.45) is 3.13. The van der Waals surface area contributed by atoms with Crippen molar-refractivity contribution in [1.82, 2.24) is 5.32 Å². The normalized spacial score (nSPS) is 12.2. The third kappa shape index (κ3) is 4.42. The number of carbonyl (C=O) groups is 1. The van der Waals surface area contributed by atoms with Crippen LogP contribution in [0, 0.1) is 6.92 Å². The zero-order valence-electron chi connectivity index (χ0n) is 11.0. The number of benzene rings is 1. The van der Waals surface area contributed by atoms with Crippen LogP contribution in [0.25, 0.3) is 0 Å². The number of unbranched alkanes of at least 4 members (excludes halogenated alkanes) is 1. The summed E-state index contributed by atoms with van der Waals surface area (Å²) in [5, 5.41) is 2.98. The van der Waals surface area contributed by atoms with Crippen molar-refractivity contribution in [1.29, 1.82) is 0 Å². The van der Waals surface area contributed by atoms with Gasteiger partial charge in [-0.1, -0.05) is 41.8 Å². The summed E-state index contributed by atoms with van der Waals surface area (Å²) in [4.78, 5) is 12.1.